The van der Waals surface area contributed by atoms with Crippen LogP contribution in [0.4, 0.5) is 5.82 Å². The first-order valence-corrected chi connectivity index (χ1v) is 7.59. The van der Waals surface area contributed by atoms with Crippen LogP contribution in [0.15, 0.2) is 30.5 Å². The first-order valence-electron chi connectivity index (χ1n) is 7.59. The van der Waals surface area contributed by atoms with Crippen LogP contribution < -0.4 is 5.32 Å². The van der Waals surface area contributed by atoms with E-state index < -0.39 is 0 Å². The molecular weight excluding hydrogens is 262 g/mol. The monoisotopic (exact) mass is 283 g/mol. The Morgan fingerprint density at radius 2 is 2.05 bits per heavy atom. The van der Waals surface area contributed by atoms with Crippen molar-refractivity contribution in [2.75, 3.05) is 25.5 Å². The number of nitrogens with zero attached hydrogens (tertiary/aromatic N) is 2. The molecular formula is C17H21N3O. The zero-order valence-corrected chi connectivity index (χ0v) is 12.6. The summed E-state index contributed by atoms with van der Waals surface area (Å²) < 4.78 is 0. The number of anilines is 1. The number of carbonyl (C=O) groups excluding carboxylic acids is 1. The molecule has 1 heterocycles. The van der Waals surface area contributed by atoms with Gasteiger partial charge in [0, 0.05) is 31.7 Å². The molecule has 4 heteroatoms. The van der Waals surface area contributed by atoms with Crippen LogP contribution in [0.3, 0.4) is 0 Å². The Morgan fingerprint density at radius 1 is 1.33 bits per heavy atom. The van der Waals surface area contributed by atoms with E-state index in [0.29, 0.717) is 11.5 Å². The summed E-state index contributed by atoms with van der Waals surface area (Å²) in [6.07, 6.45) is 4.20. The van der Waals surface area contributed by atoms with Gasteiger partial charge < -0.3 is 10.2 Å². The van der Waals surface area contributed by atoms with E-state index in [9.17, 15) is 4.79 Å². The van der Waals surface area contributed by atoms with E-state index in [1.165, 1.54) is 12.8 Å². The van der Waals surface area contributed by atoms with Gasteiger partial charge in [-0.2, -0.15) is 0 Å². The van der Waals surface area contributed by atoms with E-state index >= 15 is 0 Å². The van der Waals surface area contributed by atoms with Gasteiger partial charge >= 0.3 is 0 Å². The van der Waals surface area contributed by atoms with Gasteiger partial charge in [0.25, 0.3) is 5.91 Å². The summed E-state index contributed by atoms with van der Waals surface area (Å²) in [5, 5.41) is 5.05. The first kappa shape index (κ1) is 13.9. The molecule has 21 heavy (non-hydrogen) atoms. The number of benzene rings is 1. The molecule has 0 bridgehead atoms. The van der Waals surface area contributed by atoms with Crippen LogP contribution in [-0.2, 0) is 0 Å². The lowest BCUT2D eigenvalue weighted by Crippen LogP contribution is -2.33. The van der Waals surface area contributed by atoms with Gasteiger partial charge in [-0.3, -0.25) is 4.79 Å². The lowest BCUT2D eigenvalue weighted by molar-refractivity contribution is 0.0758. The van der Waals surface area contributed by atoms with Gasteiger partial charge in [-0.1, -0.05) is 24.3 Å². The van der Waals surface area contributed by atoms with Crippen LogP contribution in [0.2, 0.25) is 0 Å². The van der Waals surface area contributed by atoms with Crippen LogP contribution >= 0.6 is 0 Å². The van der Waals surface area contributed by atoms with Gasteiger partial charge in [0.2, 0.25) is 0 Å². The highest BCUT2D eigenvalue weighted by molar-refractivity contribution is 6.09. The number of pyridine rings is 1. The summed E-state index contributed by atoms with van der Waals surface area (Å²) in [4.78, 5) is 19.2. The topological polar surface area (TPSA) is 45.2 Å². The van der Waals surface area contributed by atoms with Crippen LogP contribution in [-0.4, -0.2) is 35.9 Å². The fourth-order valence-electron chi connectivity index (χ4n) is 2.70. The first-order chi connectivity index (χ1) is 10.2. The summed E-state index contributed by atoms with van der Waals surface area (Å²) >= 11 is 0. The molecule has 0 unspecified atom stereocenters. The molecule has 1 fully saturated rings. The minimum Gasteiger partial charge on any atom is -0.373 e. The van der Waals surface area contributed by atoms with Crippen LogP contribution in [0, 0.1) is 5.92 Å². The highest BCUT2D eigenvalue weighted by Crippen LogP contribution is 2.31. The molecule has 0 spiro atoms. The third-order valence-corrected chi connectivity index (χ3v) is 4.11. The predicted molar refractivity (Wildman–Crippen MR) is 85.6 cm³/mol. The highest BCUT2D eigenvalue weighted by atomic mass is 16.2. The summed E-state index contributed by atoms with van der Waals surface area (Å²) in [6.45, 7) is 3.66. The molecule has 2 aromatic rings. The number of amides is 1. The van der Waals surface area contributed by atoms with Gasteiger partial charge in [-0.15, -0.1) is 0 Å². The van der Waals surface area contributed by atoms with Crippen molar-refractivity contribution in [3.8, 4) is 0 Å². The highest BCUT2D eigenvalue weighted by Gasteiger charge is 2.27. The maximum atomic E-state index is 12.8. The Labute approximate surface area is 125 Å². The molecule has 1 amide bonds. The zero-order chi connectivity index (χ0) is 14.8. The molecule has 1 N–H and O–H groups in total. The molecule has 0 radical (unpaired) electrons. The molecule has 1 aliphatic rings. The van der Waals surface area contributed by atoms with Crippen molar-refractivity contribution in [1.29, 1.82) is 0 Å². The normalized spacial score (nSPS) is 14.2. The molecule has 0 saturated heterocycles. The Balaban J connectivity index is 2.00. The van der Waals surface area contributed by atoms with Gasteiger partial charge in [-0.25, -0.2) is 4.98 Å². The second kappa shape index (κ2) is 5.72. The predicted octanol–water partition coefficient (Wildman–Crippen LogP) is 3.15. The standard InChI is InChI=1S/C17H21N3O/c1-3-20(11-12-8-9-12)17(21)15-10-19-16(18-2)14-7-5-4-6-13(14)15/h4-7,10,12H,3,8-9,11H2,1-2H3,(H,18,19). The van der Waals surface area contributed by atoms with E-state index in [2.05, 4.69) is 10.3 Å². The summed E-state index contributed by atoms with van der Waals surface area (Å²) in [5.41, 5.74) is 0.701. The quantitative estimate of drug-likeness (QED) is 0.917. The number of nitrogens with one attached hydrogen (secondary N) is 1. The van der Waals surface area contributed by atoms with Crippen molar-refractivity contribution < 1.29 is 4.79 Å². The average molecular weight is 283 g/mol. The Kier molecular flexibility index (Phi) is 3.78. The van der Waals surface area contributed by atoms with Crippen LogP contribution in [0.25, 0.3) is 10.8 Å². The van der Waals surface area contributed by atoms with E-state index in [4.69, 9.17) is 0 Å². The number of aromatic nitrogens is 1. The van der Waals surface area contributed by atoms with Gasteiger partial charge in [-0.05, 0) is 31.1 Å². The van der Waals surface area contributed by atoms with E-state index in [-0.39, 0.29) is 5.91 Å². The zero-order valence-electron chi connectivity index (χ0n) is 12.6. The number of fused-ring (bicyclic) bond motifs is 1. The maximum Gasteiger partial charge on any atom is 0.256 e. The molecule has 1 saturated carbocycles. The second-order valence-electron chi connectivity index (χ2n) is 5.60. The van der Waals surface area contributed by atoms with E-state index in [1.807, 2.05) is 43.1 Å². The average Bonchev–Trinajstić information content (AvgIpc) is 3.35. The fourth-order valence-corrected chi connectivity index (χ4v) is 2.70. The number of rotatable bonds is 5. The SMILES string of the molecule is CCN(CC1CC1)C(=O)c1cnc(NC)c2ccccc12. The maximum absolute atomic E-state index is 12.8. The Bertz CT molecular complexity index is 664. The van der Waals surface area contributed by atoms with Crippen LogP contribution in [0.1, 0.15) is 30.1 Å². The molecule has 4 nitrogen and oxygen atoms in total. The van der Waals surface area contributed by atoms with Gasteiger partial charge in [0.15, 0.2) is 0 Å². The number of hydrogen-bond donors (Lipinski definition) is 1. The van der Waals surface area contributed by atoms with E-state index in [1.54, 1.807) is 6.20 Å². The van der Waals surface area contributed by atoms with Crippen molar-refractivity contribution in [3.63, 3.8) is 0 Å². The van der Waals surface area contributed by atoms with Crippen molar-refractivity contribution >= 4 is 22.5 Å². The van der Waals surface area contributed by atoms with Crippen molar-refractivity contribution in [1.82, 2.24) is 9.88 Å². The van der Waals surface area contributed by atoms with Gasteiger partial charge in [0.05, 0.1) is 5.56 Å². The van der Waals surface area contributed by atoms with Gasteiger partial charge in [0.1, 0.15) is 5.82 Å². The van der Waals surface area contributed by atoms with Crippen LogP contribution in [0.5, 0.6) is 0 Å². The lowest BCUT2D eigenvalue weighted by atomic mass is 10.1. The number of hydrogen-bond acceptors (Lipinski definition) is 3. The van der Waals surface area contributed by atoms with Crippen molar-refractivity contribution in [3.05, 3.63) is 36.0 Å². The summed E-state index contributed by atoms with van der Waals surface area (Å²) in [7, 11) is 1.85. The fraction of sp³-hybridized carbons (Fsp3) is 0.412. The molecule has 1 aromatic carbocycles. The Morgan fingerprint density at radius 3 is 2.67 bits per heavy atom. The molecule has 1 aliphatic carbocycles. The minimum absolute atomic E-state index is 0.0933. The van der Waals surface area contributed by atoms with E-state index in [0.717, 1.165) is 29.7 Å². The summed E-state index contributed by atoms with van der Waals surface area (Å²) in [5.74, 6) is 1.60. The van der Waals surface area contributed by atoms with Crippen molar-refractivity contribution in [2.45, 2.75) is 19.8 Å². The third kappa shape index (κ3) is 2.71. The smallest absolute Gasteiger partial charge is 0.256 e. The largest absolute Gasteiger partial charge is 0.373 e. The molecule has 110 valence electrons. The molecule has 0 atom stereocenters. The lowest BCUT2D eigenvalue weighted by Gasteiger charge is -2.21. The van der Waals surface area contributed by atoms with Crippen molar-refractivity contribution in [2.24, 2.45) is 5.92 Å². The minimum atomic E-state index is 0.0933. The Hall–Kier alpha value is -2.10. The second-order valence-corrected chi connectivity index (χ2v) is 5.60. The molecule has 0 aliphatic heterocycles. The third-order valence-electron chi connectivity index (χ3n) is 4.11. The molecule has 3 rings (SSSR count). The molecule has 1 aromatic heterocycles. The summed E-state index contributed by atoms with van der Waals surface area (Å²) in [6, 6.07) is 7.94. The number of carbonyl (C=O) groups is 1.